The van der Waals surface area contributed by atoms with Crippen LogP contribution in [0.3, 0.4) is 0 Å². The second-order valence-electron chi connectivity index (χ2n) is 4.77. The van der Waals surface area contributed by atoms with Crippen molar-refractivity contribution in [3.8, 4) is 11.3 Å². The summed E-state index contributed by atoms with van der Waals surface area (Å²) in [7, 11) is 0. The monoisotopic (exact) mass is 286 g/mol. The molecule has 0 amide bonds. The van der Waals surface area contributed by atoms with Crippen LogP contribution in [0.25, 0.3) is 16.9 Å². The minimum absolute atomic E-state index is 0.0792. The van der Waals surface area contributed by atoms with E-state index in [0.29, 0.717) is 11.2 Å². The molecule has 0 N–H and O–H groups in total. The van der Waals surface area contributed by atoms with Gasteiger partial charge in [-0.3, -0.25) is 9.20 Å². The number of nitrogens with zero attached hydrogens (tertiary/aromatic N) is 2. The first-order chi connectivity index (χ1) is 10.1. The zero-order valence-electron chi connectivity index (χ0n) is 11.3. The van der Waals surface area contributed by atoms with Gasteiger partial charge in [0.25, 0.3) is 0 Å². The second kappa shape index (κ2) is 5.09. The first-order valence-corrected chi connectivity index (χ1v) is 6.44. The molecule has 0 bridgehead atoms. The van der Waals surface area contributed by atoms with Crippen molar-refractivity contribution in [1.29, 1.82) is 0 Å². The smallest absolute Gasteiger partial charge is 0.296 e. The summed E-state index contributed by atoms with van der Waals surface area (Å²) in [6.07, 6.45) is -1.50. The molecule has 0 aliphatic carbocycles. The fourth-order valence-corrected chi connectivity index (χ4v) is 2.25. The summed E-state index contributed by atoms with van der Waals surface area (Å²) < 4.78 is 27.2. The Hall–Kier alpha value is -2.56. The van der Waals surface area contributed by atoms with E-state index in [2.05, 4.69) is 4.98 Å². The molecule has 0 aliphatic rings. The minimum Gasteiger partial charge on any atom is -0.296 e. The highest BCUT2D eigenvalue weighted by Gasteiger charge is 2.26. The molecule has 2 heterocycles. The molecule has 0 atom stereocenters. The lowest BCUT2D eigenvalue weighted by Crippen LogP contribution is -2.14. The second-order valence-corrected chi connectivity index (χ2v) is 4.77. The summed E-state index contributed by atoms with van der Waals surface area (Å²) in [6, 6.07) is 12.4. The zero-order chi connectivity index (χ0) is 15.0. The van der Waals surface area contributed by atoms with E-state index in [-0.39, 0.29) is 11.4 Å². The van der Waals surface area contributed by atoms with Gasteiger partial charge < -0.3 is 0 Å². The van der Waals surface area contributed by atoms with Gasteiger partial charge in [0.2, 0.25) is 5.78 Å². The van der Waals surface area contributed by atoms with E-state index in [1.165, 1.54) is 4.40 Å². The van der Waals surface area contributed by atoms with E-state index in [9.17, 15) is 13.6 Å². The number of ketones is 1. The third-order valence-electron chi connectivity index (χ3n) is 3.29. The molecule has 2 aromatic heterocycles. The first kappa shape index (κ1) is 13.4. The molecular weight excluding hydrogens is 274 g/mol. The van der Waals surface area contributed by atoms with Crippen molar-refractivity contribution in [2.24, 2.45) is 0 Å². The molecule has 3 nitrogen and oxygen atoms in total. The molecule has 0 aliphatic heterocycles. The third-order valence-corrected chi connectivity index (χ3v) is 3.29. The summed E-state index contributed by atoms with van der Waals surface area (Å²) in [6.45, 7) is 1.93. The third kappa shape index (κ3) is 2.31. The summed E-state index contributed by atoms with van der Waals surface area (Å²) >= 11 is 0. The van der Waals surface area contributed by atoms with Crippen molar-refractivity contribution >= 4 is 11.4 Å². The number of halogens is 2. The number of hydrogen-bond donors (Lipinski definition) is 0. The van der Waals surface area contributed by atoms with Gasteiger partial charge in [-0.25, -0.2) is 13.8 Å². The molecule has 0 saturated heterocycles. The van der Waals surface area contributed by atoms with Crippen LogP contribution in [0.15, 0.2) is 48.7 Å². The number of benzene rings is 1. The van der Waals surface area contributed by atoms with Gasteiger partial charge in [-0.15, -0.1) is 0 Å². The molecule has 1 aromatic carbocycles. The Balaban J connectivity index is 2.28. The lowest BCUT2D eigenvalue weighted by molar-refractivity contribution is 0.0673. The lowest BCUT2D eigenvalue weighted by atomic mass is 10.1. The van der Waals surface area contributed by atoms with E-state index in [1.54, 1.807) is 36.5 Å². The molecule has 0 saturated carbocycles. The number of pyridine rings is 1. The van der Waals surface area contributed by atoms with Crippen LogP contribution in [0.1, 0.15) is 16.1 Å². The maximum atomic E-state index is 12.9. The Morgan fingerprint density at radius 3 is 2.52 bits per heavy atom. The minimum atomic E-state index is -3.06. The van der Waals surface area contributed by atoms with Crippen molar-refractivity contribution in [2.45, 2.75) is 13.3 Å². The molecule has 0 fully saturated rings. The van der Waals surface area contributed by atoms with Crippen molar-refractivity contribution in [1.82, 2.24) is 9.38 Å². The number of carbonyl (C=O) groups is 1. The predicted octanol–water partition coefficient (Wildman–Crippen LogP) is 3.76. The number of alkyl halides is 2. The standard InChI is InChI=1S/C16H12F2N2O/c1-10-5-7-11(8-6-10)13-14(15(21)16(17)18)20-9-3-2-4-12(20)19-13/h2-9,16H,1H3. The van der Waals surface area contributed by atoms with E-state index >= 15 is 0 Å². The zero-order valence-corrected chi connectivity index (χ0v) is 11.3. The topological polar surface area (TPSA) is 34.4 Å². The van der Waals surface area contributed by atoms with Crippen LogP contribution in [0.2, 0.25) is 0 Å². The number of hydrogen-bond acceptors (Lipinski definition) is 2. The molecule has 5 heteroatoms. The molecule has 106 valence electrons. The van der Waals surface area contributed by atoms with Crippen LogP contribution in [0, 0.1) is 6.92 Å². The van der Waals surface area contributed by atoms with Crippen molar-refractivity contribution in [3.05, 3.63) is 59.9 Å². The van der Waals surface area contributed by atoms with Gasteiger partial charge in [0.1, 0.15) is 17.0 Å². The highest BCUT2D eigenvalue weighted by atomic mass is 19.3. The Bertz CT molecular complexity index is 807. The van der Waals surface area contributed by atoms with Crippen LogP contribution in [0.5, 0.6) is 0 Å². The highest BCUT2D eigenvalue weighted by Crippen LogP contribution is 2.26. The number of imidazole rings is 1. The molecular formula is C16H12F2N2O. The van der Waals surface area contributed by atoms with Crippen molar-refractivity contribution in [2.75, 3.05) is 0 Å². The van der Waals surface area contributed by atoms with Gasteiger partial charge in [0.05, 0.1) is 0 Å². The van der Waals surface area contributed by atoms with Gasteiger partial charge in [-0.1, -0.05) is 35.9 Å². The normalized spacial score (nSPS) is 11.2. The van der Waals surface area contributed by atoms with Crippen molar-refractivity contribution in [3.63, 3.8) is 0 Å². The Kier molecular flexibility index (Phi) is 3.25. The van der Waals surface area contributed by atoms with Gasteiger partial charge in [0.15, 0.2) is 0 Å². The first-order valence-electron chi connectivity index (χ1n) is 6.44. The maximum absolute atomic E-state index is 12.9. The Morgan fingerprint density at radius 2 is 1.86 bits per heavy atom. The Morgan fingerprint density at radius 1 is 1.14 bits per heavy atom. The SMILES string of the molecule is Cc1ccc(-c2nc3ccccn3c2C(=O)C(F)F)cc1. The number of aromatic nitrogens is 2. The van der Waals surface area contributed by atoms with Gasteiger partial charge in [0, 0.05) is 11.8 Å². The van der Waals surface area contributed by atoms with Gasteiger partial charge in [-0.05, 0) is 19.1 Å². The van der Waals surface area contributed by atoms with Crippen LogP contribution >= 0.6 is 0 Å². The van der Waals surface area contributed by atoms with Crippen LogP contribution in [-0.2, 0) is 0 Å². The summed E-state index contributed by atoms with van der Waals surface area (Å²) in [5.74, 6) is -1.22. The fraction of sp³-hybridized carbons (Fsp3) is 0.125. The quantitative estimate of drug-likeness (QED) is 0.687. The number of aryl methyl sites for hydroxylation is 1. The number of carbonyl (C=O) groups excluding carboxylic acids is 1. The molecule has 0 unspecified atom stereocenters. The highest BCUT2D eigenvalue weighted by molar-refractivity contribution is 6.03. The molecule has 21 heavy (non-hydrogen) atoms. The van der Waals surface area contributed by atoms with E-state index in [1.807, 2.05) is 19.1 Å². The largest absolute Gasteiger partial charge is 0.302 e. The van der Waals surface area contributed by atoms with Gasteiger partial charge in [-0.2, -0.15) is 0 Å². The summed E-state index contributed by atoms with van der Waals surface area (Å²) in [5.41, 5.74) is 2.37. The number of fused-ring (bicyclic) bond motifs is 1. The summed E-state index contributed by atoms with van der Waals surface area (Å²) in [5, 5.41) is 0. The van der Waals surface area contributed by atoms with Crippen LogP contribution in [-0.4, -0.2) is 21.6 Å². The predicted molar refractivity (Wildman–Crippen MR) is 75.7 cm³/mol. The van der Waals surface area contributed by atoms with E-state index in [4.69, 9.17) is 0 Å². The number of Topliss-reactive ketones (excluding diaryl/α,β-unsaturated/α-hetero) is 1. The molecule has 3 rings (SSSR count). The Labute approximate surface area is 119 Å². The van der Waals surface area contributed by atoms with E-state index < -0.39 is 12.2 Å². The van der Waals surface area contributed by atoms with Gasteiger partial charge >= 0.3 is 6.43 Å². The average molecular weight is 286 g/mol. The van der Waals surface area contributed by atoms with Crippen LogP contribution in [0.4, 0.5) is 8.78 Å². The molecule has 0 radical (unpaired) electrons. The fourth-order valence-electron chi connectivity index (χ4n) is 2.25. The lowest BCUT2D eigenvalue weighted by Gasteiger charge is -2.04. The average Bonchev–Trinajstić information content (AvgIpc) is 2.86. The van der Waals surface area contributed by atoms with Crippen LogP contribution < -0.4 is 0 Å². The van der Waals surface area contributed by atoms with Crippen molar-refractivity contribution < 1.29 is 13.6 Å². The van der Waals surface area contributed by atoms with E-state index in [0.717, 1.165) is 5.56 Å². The molecule has 3 aromatic rings. The maximum Gasteiger partial charge on any atom is 0.302 e. The number of rotatable bonds is 3. The molecule has 0 spiro atoms. The summed E-state index contributed by atoms with van der Waals surface area (Å²) in [4.78, 5) is 16.2.